The van der Waals surface area contributed by atoms with Gasteiger partial charge in [0.2, 0.25) is 0 Å². The highest BCUT2D eigenvalue weighted by atomic mass is 19.1. The molecule has 7 heteroatoms. The fourth-order valence-electron chi connectivity index (χ4n) is 2.75. The Labute approximate surface area is 152 Å². The van der Waals surface area contributed by atoms with Gasteiger partial charge in [-0.15, -0.1) is 0 Å². The molecule has 0 amide bonds. The van der Waals surface area contributed by atoms with E-state index in [0.29, 0.717) is 23.8 Å². The van der Waals surface area contributed by atoms with E-state index >= 15 is 0 Å². The van der Waals surface area contributed by atoms with Gasteiger partial charge in [0.15, 0.2) is 0 Å². The van der Waals surface area contributed by atoms with Gasteiger partial charge in [-0.3, -0.25) is 4.57 Å². The highest BCUT2D eigenvalue weighted by Crippen LogP contribution is 2.21. The van der Waals surface area contributed by atoms with E-state index in [4.69, 9.17) is 0 Å². The average Bonchev–Trinajstić information content (AvgIpc) is 3.16. The lowest BCUT2D eigenvalue weighted by molar-refractivity contribution is 0.182. The number of aromatic nitrogens is 4. The molecule has 0 aliphatic rings. The number of anilines is 1. The average molecular weight is 355 g/mol. The number of imidazole rings is 1. The minimum Gasteiger partial charge on any atom is -0.387 e. The van der Waals surface area contributed by atoms with E-state index in [-0.39, 0.29) is 5.82 Å². The summed E-state index contributed by atoms with van der Waals surface area (Å²) in [5, 5.41) is 10.6. The minimum absolute atomic E-state index is 0.319. The van der Waals surface area contributed by atoms with Crippen molar-refractivity contribution in [2.45, 2.75) is 20.0 Å². The first-order valence-corrected chi connectivity index (χ1v) is 8.52. The fraction of sp³-hybridized carbons (Fsp3) is 0.316. The lowest BCUT2D eigenvalue weighted by Crippen LogP contribution is -2.33. The number of hydrogen-bond donors (Lipinski definition) is 1. The summed E-state index contributed by atoms with van der Waals surface area (Å²) in [4.78, 5) is 14.7. The van der Waals surface area contributed by atoms with Crippen LogP contribution in [0.3, 0.4) is 0 Å². The maximum absolute atomic E-state index is 13.1. The van der Waals surface area contributed by atoms with E-state index in [9.17, 15) is 9.50 Å². The fourth-order valence-corrected chi connectivity index (χ4v) is 2.75. The molecular weight excluding hydrogens is 333 g/mol. The maximum atomic E-state index is 13.1. The molecule has 3 rings (SSSR count). The molecule has 26 heavy (non-hydrogen) atoms. The molecule has 2 aromatic heterocycles. The van der Waals surface area contributed by atoms with Crippen molar-refractivity contribution in [1.82, 2.24) is 19.5 Å². The van der Waals surface area contributed by atoms with Crippen LogP contribution in [0.5, 0.6) is 0 Å². The van der Waals surface area contributed by atoms with Crippen molar-refractivity contribution < 1.29 is 9.50 Å². The van der Waals surface area contributed by atoms with E-state index in [0.717, 1.165) is 12.4 Å². The van der Waals surface area contributed by atoms with Crippen LogP contribution in [0.25, 0.3) is 5.82 Å². The number of halogens is 1. The van der Waals surface area contributed by atoms with E-state index in [1.165, 1.54) is 18.5 Å². The third-order valence-electron chi connectivity index (χ3n) is 3.96. The van der Waals surface area contributed by atoms with Crippen molar-refractivity contribution in [3.8, 4) is 5.82 Å². The van der Waals surface area contributed by atoms with Crippen molar-refractivity contribution in [3.63, 3.8) is 0 Å². The van der Waals surface area contributed by atoms with Gasteiger partial charge < -0.3 is 10.0 Å². The molecule has 1 N–H and O–H groups in total. The van der Waals surface area contributed by atoms with Crippen LogP contribution in [0.15, 0.2) is 55.4 Å². The van der Waals surface area contributed by atoms with Gasteiger partial charge in [0, 0.05) is 31.5 Å². The van der Waals surface area contributed by atoms with Crippen LogP contribution in [0.2, 0.25) is 0 Å². The zero-order chi connectivity index (χ0) is 18.5. The molecule has 0 spiro atoms. The van der Waals surface area contributed by atoms with Crippen LogP contribution in [-0.2, 0) is 0 Å². The van der Waals surface area contributed by atoms with Crippen LogP contribution >= 0.6 is 0 Å². The van der Waals surface area contributed by atoms with Gasteiger partial charge in [-0.05, 0) is 23.6 Å². The van der Waals surface area contributed by atoms with Gasteiger partial charge >= 0.3 is 0 Å². The second-order valence-corrected chi connectivity index (χ2v) is 6.57. The number of hydrogen-bond acceptors (Lipinski definition) is 5. The predicted octanol–water partition coefficient (Wildman–Crippen LogP) is 3.00. The lowest BCUT2D eigenvalue weighted by atomic mass is 10.1. The quantitative estimate of drug-likeness (QED) is 0.706. The SMILES string of the molecule is CC(C)CN(C[C@@H](O)c1ccc(F)cc1)c1cc(-n2ccnc2)ncn1. The molecule has 0 fully saturated rings. The summed E-state index contributed by atoms with van der Waals surface area (Å²) in [7, 11) is 0. The zero-order valence-electron chi connectivity index (χ0n) is 14.8. The summed E-state index contributed by atoms with van der Waals surface area (Å²) >= 11 is 0. The monoisotopic (exact) mass is 355 g/mol. The van der Waals surface area contributed by atoms with Crippen LogP contribution < -0.4 is 4.90 Å². The molecule has 0 bridgehead atoms. The summed E-state index contributed by atoms with van der Waals surface area (Å²) in [5.41, 5.74) is 0.670. The molecule has 0 radical (unpaired) electrons. The van der Waals surface area contributed by atoms with Gasteiger partial charge in [-0.1, -0.05) is 26.0 Å². The summed E-state index contributed by atoms with van der Waals surface area (Å²) in [5.74, 6) is 1.49. The molecule has 1 aromatic carbocycles. The molecule has 2 heterocycles. The molecule has 0 saturated carbocycles. The third-order valence-corrected chi connectivity index (χ3v) is 3.96. The summed E-state index contributed by atoms with van der Waals surface area (Å²) in [6.45, 7) is 5.29. The van der Waals surface area contributed by atoms with Crippen LogP contribution in [0, 0.1) is 11.7 Å². The predicted molar refractivity (Wildman–Crippen MR) is 97.6 cm³/mol. The minimum atomic E-state index is -0.749. The first-order valence-electron chi connectivity index (χ1n) is 8.52. The summed E-state index contributed by atoms with van der Waals surface area (Å²) in [6.07, 6.45) is 5.92. The number of rotatable bonds is 7. The molecule has 1 atom stereocenters. The Bertz CT molecular complexity index is 820. The molecule has 0 aliphatic heterocycles. The normalized spacial score (nSPS) is 12.3. The molecule has 6 nitrogen and oxygen atoms in total. The summed E-state index contributed by atoms with van der Waals surface area (Å²) < 4.78 is 14.9. The highest BCUT2D eigenvalue weighted by molar-refractivity contribution is 5.44. The molecule has 0 aliphatic carbocycles. The smallest absolute Gasteiger partial charge is 0.143 e. The molecule has 0 unspecified atom stereocenters. The number of aliphatic hydroxyl groups excluding tert-OH is 1. The summed E-state index contributed by atoms with van der Waals surface area (Å²) in [6, 6.07) is 7.77. The van der Waals surface area contributed by atoms with Gasteiger partial charge in [-0.25, -0.2) is 19.3 Å². The Hall–Kier alpha value is -2.80. The first-order chi connectivity index (χ1) is 12.5. The number of nitrogens with zero attached hydrogens (tertiary/aromatic N) is 5. The third kappa shape index (κ3) is 4.43. The van der Waals surface area contributed by atoms with E-state index in [1.54, 1.807) is 29.2 Å². The van der Waals surface area contributed by atoms with Crippen molar-refractivity contribution >= 4 is 5.82 Å². The molecule has 0 saturated heterocycles. The van der Waals surface area contributed by atoms with E-state index in [1.807, 2.05) is 17.2 Å². The van der Waals surface area contributed by atoms with Crippen molar-refractivity contribution in [2.24, 2.45) is 5.92 Å². The number of benzene rings is 1. The van der Waals surface area contributed by atoms with Crippen LogP contribution in [0.4, 0.5) is 10.2 Å². The van der Waals surface area contributed by atoms with Crippen molar-refractivity contribution in [3.05, 3.63) is 66.8 Å². The molecular formula is C19H22FN5O. The largest absolute Gasteiger partial charge is 0.387 e. The van der Waals surface area contributed by atoms with Crippen LogP contribution in [-0.4, -0.2) is 37.7 Å². The van der Waals surface area contributed by atoms with E-state index < -0.39 is 6.10 Å². The zero-order valence-corrected chi connectivity index (χ0v) is 14.8. The molecule has 136 valence electrons. The van der Waals surface area contributed by atoms with E-state index in [2.05, 4.69) is 28.8 Å². The van der Waals surface area contributed by atoms with Crippen molar-refractivity contribution in [1.29, 1.82) is 0 Å². The Balaban J connectivity index is 1.84. The second kappa shape index (κ2) is 8.05. The topological polar surface area (TPSA) is 67.1 Å². The second-order valence-electron chi connectivity index (χ2n) is 6.57. The van der Waals surface area contributed by atoms with Gasteiger partial charge in [0.1, 0.15) is 30.1 Å². The van der Waals surface area contributed by atoms with Crippen molar-refractivity contribution in [2.75, 3.05) is 18.0 Å². The van der Waals surface area contributed by atoms with Gasteiger partial charge in [-0.2, -0.15) is 0 Å². The Morgan fingerprint density at radius 2 is 1.92 bits per heavy atom. The Morgan fingerprint density at radius 1 is 1.15 bits per heavy atom. The lowest BCUT2D eigenvalue weighted by Gasteiger charge is -2.28. The Morgan fingerprint density at radius 3 is 2.58 bits per heavy atom. The van der Waals surface area contributed by atoms with Gasteiger partial charge in [0.05, 0.1) is 6.10 Å². The molecule has 3 aromatic rings. The van der Waals surface area contributed by atoms with Crippen LogP contribution in [0.1, 0.15) is 25.5 Å². The van der Waals surface area contributed by atoms with Gasteiger partial charge in [0.25, 0.3) is 0 Å². The maximum Gasteiger partial charge on any atom is 0.143 e. The standard InChI is InChI=1S/C19H22FN5O/c1-14(2)10-25(11-17(26)15-3-5-16(20)6-4-15)19-9-18(22-12-23-19)24-8-7-21-13-24/h3-9,12-14,17,26H,10-11H2,1-2H3/t17-/m1/s1. The number of aliphatic hydroxyl groups is 1. The Kier molecular flexibility index (Phi) is 5.58. The first kappa shape index (κ1) is 18.0. The highest BCUT2D eigenvalue weighted by Gasteiger charge is 2.17.